The molecule has 2 rings (SSSR count). The fourth-order valence-corrected chi connectivity index (χ4v) is 2.12. The van der Waals surface area contributed by atoms with Gasteiger partial charge in [0.2, 0.25) is 5.91 Å². The van der Waals surface area contributed by atoms with Gasteiger partial charge in [0.25, 0.3) is 5.91 Å². The van der Waals surface area contributed by atoms with Crippen molar-refractivity contribution in [2.24, 2.45) is 0 Å². The number of carbonyl (C=O) groups excluding carboxylic acids is 2. The first-order chi connectivity index (χ1) is 9.25. The van der Waals surface area contributed by atoms with Crippen LogP contribution < -0.4 is 10.6 Å². The highest BCUT2D eigenvalue weighted by Gasteiger charge is 2.08. The molecule has 100 valence electrons. The van der Waals surface area contributed by atoms with Gasteiger partial charge in [-0.1, -0.05) is 6.07 Å². The average Bonchev–Trinajstić information content (AvgIpc) is 3.09. The van der Waals surface area contributed by atoms with E-state index in [0.717, 1.165) is 4.88 Å². The molecule has 0 fully saturated rings. The highest BCUT2D eigenvalue weighted by molar-refractivity contribution is 7.09. The monoisotopic (exact) mass is 278 g/mol. The molecule has 2 aromatic rings. The molecule has 5 nitrogen and oxygen atoms in total. The number of thiophene rings is 1. The summed E-state index contributed by atoms with van der Waals surface area (Å²) in [7, 11) is 0. The van der Waals surface area contributed by atoms with Gasteiger partial charge in [-0.05, 0) is 23.6 Å². The first-order valence-electron chi connectivity index (χ1n) is 5.86. The highest BCUT2D eigenvalue weighted by atomic mass is 32.1. The van der Waals surface area contributed by atoms with Crippen molar-refractivity contribution in [2.45, 2.75) is 13.0 Å². The molecule has 19 heavy (non-hydrogen) atoms. The van der Waals surface area contributed by atoms with E-state index in [-0.39, 0.29) is 30.5 Å². The van der Waals surface area contributed by atoms with E-state index < -0.39 is 0 Å². The quantitative estimate of drug-likeness (QED) is 0.846. The smallest absolute Gasteiger partial charge is 0.286 e. The van der Waals surface area contributed by atoms with E-state index in [9.17, 15) is 9.59 Å². The van der Waals surface area contributed by atoms with E-state index in [1.54, 1.807) is 23.5 Å². The summed E-state index contributed by atoms with van der Waals surface area (Å²) in [5, 5.41) is 7.37. The van der Waals surface area contributed by atoms with E-state index in [1.807, 2.05) is 17.5 Å². The molecule has 6 heteroatoms. The molecule has 0 atom stereocenters. The van der Waals surface area contributed by atoms with Gasteiger partial charge >= 0.3 is 0 Å². The minimum absolute atomic E-state index is 0.0897. The number of amides is 2. The Hall–Kier alpha value is -2.08. The second-order valence-corrected chi connectivity index (χ2v) is 4.87. The molecule has 2 aromatic heterocycles. The lowest BCUT2D eigenvalue weighted by Gasteiger charge is -2.04. The van der Waals surface area contributed by atoms with Gasteiger partial charge in [0.05, 0.1) is 12.8 Å². The van der Waals surface area contributed by atoms with Crippen LogP contribution >= 0.6 is 11.3 Å². The third-order valence-electron chi connectivity index (χ3n) is 2.42. The molecule has 0 spiro atoms. The van der Waals surface area contributed by atoms with E-state index in [4.69, 9.17) is 4.42 Å². The summed E-state index contributed by atoms with van der Waals surface area (Å²) in [6.07, 6.45) is 1.68. The van der Waals surface area contributed by atoms with Gasteiger partial charge < -0.3 is 15.1 Å². The molecule has 0 saturated carbocycles. The molecule has 2 N–H and O–H groups in total. The fourth-order valence-electron chi connectivity index (χ4n) is 1.47. The van der Waals surface area contributed by atoms with Crippen molar-refractivity contribution >= 4 is 23.2 Å². The van der Waals surface area contributed by atoms with Crippen LogP contribution in [0.4, 0.5) is 0 Å². The minimum atomic E-state index is -0.309. The van der Waals surface area contributed by atoms with Crippen LogP contribution in [-0.2, 0) is 11.3 Å². The molecule has 2 amide bonds. The van der Waals surface area contributed by atoms with Crippen molar-refractivity contribution in [3.05, 3.63) is 46.5 Å². The summed E-state index contributed by atoms with van der Waals surface area (Å²) in [6, 6.07) is 7.12. The van der Waals surface area contributed by atoms with Crippen molar-refractivity contribution in [1.29, 1.82) is 0 Å². The Balaban J connectivity index is 1.63. The summed E-state index contributed by atoms with van der Waals surface area (Å²) < 4.78 is 4.94. The maximum atomic E-state index is 11.5. The van der Waals surface area contributed by atoms with Crippen molar-refractivity contribution in [3.8, 4) is 0 Å². The molecule has 0 aromatic carbocycles. The highest BCUT2D eigenvalue weighted by Crippen LogP contribution is 2.07. The van der Waals surface area contributed by atoms with Gasteiger partial charge in [-0.3, -0.25) is 9.59 Å². The van der Waals surface area contributed by atoms with Crippen LogP contribution in [0.5, 0.6) is 0 Å². The Bertz CT molecular complexity index is 520. The van der Waals surface area contributed by atoms with Gasteiger partial charge in [0.15, 0.2) is 5.76 Å². The van der Waals surface area contributed by atoms with Gasteiger partial charge in [-0.2, -0.15) is 0 Å². The number of rotatable bonds is 6. The molecule has 0 radical (unpaired) electrons. The number of furan rings is 1. The first-order valence-corrected chi connectivity index (χ1v) is 6.74. The number of carbonyl (C=O) groups is 2. The molecule has 0 saturated heterocycles. The third kappa shape index (κ3) is 4.26. The molecule has 0 aliphatic rings. The first kappa shape index (κ1) is 13.4. The van der Waals surface area contributed by atoms with Crippen LogP contribution in [0.15, 0.2) is 40.3 Å². The van der Waals surface area contributed by atoms with Gasteiger partial charge in [-0.15, -0.1) is 11.3 Å². The van der Waals surface area contributed by atoms with E-state index in [0.29, 0.717) is 6.54 Å². The standard InChI is InChI=1S/C13H14N2O3S/c16-12(15-9-10-3-2-8-19-10)5-6-14-13(17)11-4-1-7-18-11/h1-4,7-8H,5-6,9H2,(H,14,17)(H,15,16). The Labute approximate surface area is 114 Å². The predicted octanol–water partition coefficient (Wildman–Crippen LogP) is 1.78. The number of hydrogen-bond acceptors (Lipinski definition) is 4. The third-order valence-corrected chi connectivity index (χ3v) is 3.30. The number of hydrogen-bond donors (Lipinski definition) is 2. The van der Waals surface area contributed by atoms with Crippen LogP contribution in [0.3, 0.4) is 0 Å². The molecule has 0 unspecified atom stereocenters. The molecule has 0 aliphatic heterocycles. The van der Waals surface area contributed by atoms with Crippen LogP contribution in [-0.4, -0.2) is 18.4 Å². The van der Waals surface area contributed by atoms with Crippen molar-refractivity contribution in [3.63, 3.8) is 0 Å². The lowest BCUT2D eigenvalue weighted by molar-refractivity contribution is -0.121. The summed E-state index contributed by atoms with van der Waals surface area (Å²) in [6.45, 7) is 0.818. The maximum Gasteiger partial charge on any atom is 0.286 e. The Kier molecular flexibility index (Phi) is 4.74. The van der Waals surface area contributed by atoms with Gasteiger partial charge in [0.1, 0.15) is 0 Å². The summed E-state index contributed by atoms with van der Waals surface area (Å²) in [5.74, 6) is -0.150. The Morgan fingerprint density at radius 1 is 1.21 bits per heavy atom. The molecule has 0 aliphatic carbocycles. The molecular weight excluding hydrogens is 264 g/mol. The van der Waals surface area contributed by atoms with Crippen LogP contribution in [0, 0.1) is 0 Å². The maximum absolute atomic E-state index is 11.5. The van der Waals surface area contributed by atoms with Crippen LogP contribution in [0.25, 0.3) is 0 Å². The Morgan fingerprint density at radius 2 is 2.11 bits per heavy atom. The summed E-state index contributed by atoms with van der Waals surface area (Å²) >= 11 is 1.60. The van der Waals surface area contributed by atoms with Gasteiger partial charge in [0, 0.05) is 17.8 Å². The second-order valence-electron chi connectivity index (χ2n) is 3.84. The van der Waals surface area contributed by atoms with E-state index in [2.05, 4.69) is 10.6 Å². The SMILES string of the molecule is O=C(CCNC(=O)c1ccco1)NCc1cccs1. The van der Waals surface area contributed by atoms with E-state index in [1.165, 1.54) is 6.26 Å². The van der Waals surface area contributed by atoms with Crippen LogP contribution in [0.2, 0.25) is 0 Å². The average molecular weight is 278 g/mol. The molecule has 0 bridgehead atoms. The van der Waals surface area contributed by atoms with Crippen LogP contribution in [0.1, 0.15) is 21.9 Å². The van der Waals surface area contributed by atoms with Crippen molar-refractivity contribution in [2.75, 3.05) is 6.54 Å². The lowest BCUT2D eigenvalue weighted by atomic mass is 10.3. The zero-order chi connectivity index (χ0) is 13.5. The summed E-state index contributed by atoms with van der Waals surface area (Å²) in [4.78, 5) is 24.1. The second kappa shape index (κ2) is 6.75. The largest absolute Gasteiger partial charge is 0.459 e. The van der Waals surface area contributed by atoms with Gasteiger partial charge in [-0.25, -0.2) is 0 Å². The number of nitrogens with one attached hydrogen (secondary N) is 2. The minimum Gasteiger partial charge on any atom is -0.459 e. The van der Waals surface area contributed by atoms with E-state index >= 15 is 0 Å². The molecule has 2 heterocycles. The van der Waals surface area contributed by atoms with Crippen molar-refractivity contribution in [1.82, 2.24) is 10.6 Å². The zero-order valence-electron chi connectivity index (χ0n) is 10.2. The lowest BCUT2D eigenvalue weighted by Crippen LogP contribution is -2.30. The zero-order valence-corrected chi connectivity index (χ0v) is 11.0. The fraction of sp³-hybridized carbons (Fsp3) is 0.231. The Morgan fingerprint density at radius 3 is 2.79 bits per heavy atom. The molecular formula is C13H14N2O3S. The summed E-state index contributed by atoms with van der Waals surface area (Å²) in [5.41, 5.74) is 0. The predicted molar refractivity (Wildman–Crippen MR) is 71.8 cm³/mol. The topological polar surface area (TPSA) is 71.3 Å². The van der Waals surface area contributed by atoms with Crippen molar-refractivity contribution < 1.29 is 14.0 Å². The normalized spacial score (nSPS) is 10.1.